The van der Waals surface area contributed by atoms with Gasteiger partial charge >= 0.3 is 11.1 Å². The van der Waals surface area contributed by atoms with E-state index in [0.717, 1.165) is 0 Å². The fraction of sp³-hybridized carbons (Fsp3) is 0.333. The Morgan fingerprint density at radius 2 is 2.00 bits per heavy atom. The van der Waals surface area contributed by atoms with Gasteiger partial charge in [-0.15, -0.1) is 0 Å². The van der Waals surface area contributed by atoms with E-state index in [4.69, 9.17) is 4.74 Å². The number of hydrogen-bond acceptors (Lipinski definition) is 3. The van der Waals surface area contributed by atoms with E-state index < -0.39 is 11.1 Å². The van der Waals surface area contributed by atoms with Gasteiger partial charge in [0, 0.05) is 12.1 Å². The summed E-state index contributed by atoms with van der Waals surface area (Å²) < 4.78 is 6.56. The lowest BCUT2D eigenvalue weighted by molar-refractivity contribution is 0.415. The van der Waals surface area contributed by atoms with Gasteiger partial charge in [-0.2, -0.15) is 0 Å². The minimum Gasteiger partial charge on any atom is -0.497 e. The average molecular weight is 234 g/mol. The first-order valence-electron chi connectivity index (χ1n) is 5.37. The molecule has 0 unspecified atom stereocenters. The number of hydrogen-bond donors (Lipinski definition) is 1. The van der Waals surface area contributed by atoms with Crippen molar-refractivity contribution in [1.82, 2.24) is 9.55 Å². The van der Waals surface area contributed by atoms with E-state index in [0.29, 0.717) is 16.8 Å². The van der Waals surface area contributed by atoms with Crippen LogP contribution in [0, 0.1) is 0 Å². The van der Waals surface area contributed by atoms with E-state index in [2.05, 4.69) is 4.98 Å². The van der Waals surface area contributed by atoms with E-state index in [1.54, 1.807) is 25.3 Å². The summed E-state index contributed by atoms with van der Waals surface area (Å²) in [4.78, 5) is 25.9. The zero-order valence-electron chi connectivity index (χ0n) is 9.98. The fourth-order valence-corrected chi connectivity index (χ4v) is 1.86. The molecule has 5 heteroatoms. The van der Waals surface area contributed by atoms with E-state index in [9.17, 15) is 9.59 Å². The Hall–Kier alpha value is -2.04. The van der Waals surface area contributed by atoms with Gasteiger partial charge in [0.05, 0.1) is 18.1 Å². The minimum atomic E-state index is -0.612. The Morgan fingerprint density at radius 3 is 2.59 bits per heavy atom. The number of fused-ring (bicyclic) bond motifs is 1. The Morgan fingerprint density at radius 1 is 1.29 bits per heavy atom. The van der Waals surface area contributed by atoms with Crippen LogP contribution in [-0.4, -0.2) is 16.7 Å². The molecule has 2 rings (SSSR count). The average Bonchev–Trinajstić information content (AvgIpc) is 2.29. The van der Waals surface area contributed by atoms with Crippen LogP contribution in [-0.2, 0) is 0 Å². The van der Waals surface area contributed by atoms with Crippen molar-refractivity contribution in [3.63, 3.8) is 0 Å². The second-order valence-corrected chi connectivity index (χ2v) is 4.11. The van der Waals surface area contributed by atoms with Crippen molar-refractivity contribution in [1.29, 1.82) is 0 Å². The second kappa shape index (κ2) is 4.08. The molecular weight excluding hydrogens is 220 g/mol. The molecule has 0 radical (unpaired) electrons. The molecule has 0 aliphatic carbocycles. The highest BCUT2D eigenvalue weighted by atomic mass is 16.5. The number of rotatable bonds is 2. The Bertz CT molecular complexity index is 667. The SMILES string of the molecule is COc1ccc2c(c1)[nH]c(=O)c(=O)n2C(C)C. The van der Waals surface area contributed by atoms with E-state index >= 15 is 0 Å². The van der Waals surface area contributed by atoms with Crippen LogP contribution in [0.5, 0.6) is 5.75 Å². The Balaban J connectivity index is 2.92. The Labute approximate surface area is 97.7 Å². The minimum absolute atomic E-state index is 0.0688. The lowest BCUT2D eigenvalue weighted by Crippen LogP contribution is -2.37. The van der Waals surface area contributed by atoms with Gasteiger partial charge in [0.25, 0.3) is 0 Å². The van der Waals surface area contributed by atoms with Gasteiger partial charge in [-0.25, -0.2) is 0 Å². The highest BCUT2D eigenvalue weighted by molar-refractivity contribution is 5.76. The summed E-state index contributed by atoms with van der Waals surface area (Å²) in [5.41, 5.74) is 0.158. The molecule has 0 spiro atoms. The van der Waals surface area contributed by atoms with Crippen LogP contribution in [0.2, 0.25) is 0 Å². The van der Waals surface area contributed by atoms with Crippen molar-refractivity contribution >= 4 is 11.0 Å². The predicted octanol–water partition coefficient (Wildman–Crippen LogP) is 1.28. The topological polar surface area (TPSA) is 64.1 Å². The van der Waals surface area contributed by atoms with Gasteiger partial charge in [-0.05, 0) is 26.0 Å². The zero-order valence-corrected chi connectivity index (χ0v) is 9.98. The molecular formula is C12H14N2O3. The number of nitrogens with zero attached hydrogens (tertiary/aromatic N) is 1. The maximum absolute atomic E-state index is 11.8. The lowest BCUT2D eigenvalue weighted by atomic mass is 10.2. The van der Waals surface area contributed by atoms with Crippen LogP contribution in [0.15, 0.2) is 27.8 Å². The smallest absolute Gasteiger partial charge is 0.316 e. The molecule has 0 saturated carbocycles. The normalized spacial score (nSPS) is 11.1. The first-order valence-corrected chi connectivity index (χ1v) is 5.37. The molecule has 1 heterocycles. The van der Waals surface area contributed by atoms with E-state index in [1.165, 1.54) is 4.57 Å². The molecule has 0 bridgehead atoms. The predicted molar refractivity (Wildman–Crippen MR) is 65.8 cm³/mol. The molecule has 2 aromatic rings. The summed E-state index contributed by atoms with van der Waals surface area (Å²) in [6, 6.07) is 5.17. The Kier molecular flexibility index (Phi) is 2.75. The van der Waals surface area contributed by atoms with Gasteiger partial charge in [0.15, 0.2) is 0 Å². The fourth-order valence-electron chi connectivity index (χ4n) is 1.86. The van der Waals surface area contributed by atoms with Crippen molar-refractivity contribution in [2.24, 2.45) is 0 Å². The third-order valence-corrected chi connectivity index (χ3v) is 2.64. The molecule has 1 aromatic heterocycles. The van der Waals surface area contributed by atoms with Crippen molar-refractivity contribution in [3.05, 3.63) is 38.9 Å². The van der Waals surface area contributed by atoms with Gasteiger partial charge in [-0.3, -0.25) is 14.2 Å². The molecule has 0 aliphatic rings. The van der Waals surface area contributed by atoms with Crippen molar-refractivity contribution in [3.8, 4) is 5.75 Å². The van der Waals surface area contributed by atoms with E-state index in [1.807, 2.05) is 13.8 Å². The number of aromatic nitrogens is 2. The maximum Gasteiger partial charge on any atom is 0.316 e. The summed E-state index contributed by atoms with van der Waals surface area (Å²) in [5, 5.41) is 0. The first kappa shape index (κ1) is 11.4. The summed E-state index contributed by atoms with van der Waals surface area (Å²) in [6.07, 6.45) is 0. The molecule has 5 nitrogen and oxygen atoms in total. The highest BCUT2D eigenvalue weighted by Crippen LogP contribution is 2.18. The number of nitrogens with one attached hydrogen (secondary N) is 1. The van der Waals surface area contributed by atoms with Crippen molar-refractivity contribution in [2.75, 3.05) is 7.11 Å². The second-order valence-electron chi connectivity index (χ2n) is 4.11. The third-order valence-electron chi connectivity index (χ3n) is 2.64. The summed E-state index contributed by atoms with van der Waals surface area (Å²) in [6.45, 7) is 3.73. The largest absolute Gasteiger partial charge is 0.497 e. The van der Waals surface area contributed by atoms with Crippen LogP contribution >= 0.6 is 0 Å². The molecule has 0 amide bonds. The standard InChI is InChI=1S/C12H14N2O3/c1-7(2)14-10-5-4-8(17-3)6-9(10)13-11(15)12(14)16/h4-7H,1-3H3,(H,13,15). The summed E-state index contributed by atoms with van der Waals surface area (Å²) in [7, 11) is 1.55. The van der Waals surface area contributed by atoms with Gasteiger partial charge in [0.2, 0.25) is 0 Å². The molecule has 0 saturated heterocycles. The van der Waals surface area contributed by atoms with Crippen molar-refractivity contribution < 1.29 is 4.74 Å². The highest BCUT2D eigenvalue weighted by Gasteiger charge is 2.10. The maximum atomic E-state index is 11.8. The number of ether oxygens (including phenoxy) is 1. The summed E-state index contributed by atoms with van der Waals surface area (Å²) >= 11 is 0. The molecule has 0 fully saturated rings. The lowest BCUT2D eigenvalue weighted by Gasteiger charge is -2.13. The quantitative estimate of drug-likeness (QED) is 0.796. The van der Waals surface area contributed by atoms with Crippen LogP contribution in [0.3, 0.4) is 0 Å². The van der Waals surface area contributed by atoms with Crippen LogP contribution in [0.25, 0.3) is 11.0 Å². The molecule has 17 heavy (non-hydrogen) atoms. The van der Waals surface area contributed by atoms with Gasteiger partial charge in [0.1, 0.15) is 5.75 Å². The third kappa shape index (κ3) is 1.84. The van der Waals surface area contributed by atoms with Crippen LogP contribution < -0.4 is 15.9 Å². The molecule has 1 aromatic carbocycles. The summed E-state index contributed by atoms with van der Waals surface area (Å²) in [5.74, 6) is 0.641. The zero-order chi connectivity index (χ0) is 12.6. The molecule has 0 aliphatic heterocycles. The monoisotopic (exact) mass is 234 g/mol. The number of aromatic amines is 1. The molecule has 90 valence electrons. The first-order chi connectivity index (χ1) is 8.04. The van der Waals surface area contributed by atoms with Crippen LogP contribution in [0.4, 0.5) is 0 Å². The van der Waals surface area contributed by atoms with Gasteiger partial charge in [-0.1, -0.05) is 0 Å². The van der Waals surface area contributed by atoms with Crippen molar-refractivity contribution in [2.45, 2.75) is 19.9 Å². The molecule has 0 atom stereocenters. The van der Waals surface area contributed by atoms with Crippen LogP contribution in [0.1, 0.15) is 19.9 Å². The number of methoxy groups -OCH3 is 1. The van der Waals surface area contributed by atoms with Gasteiger partial charge < -0.3 is 9.72 Å². The molecule has 1 N–H and O–H groups in total. The number of benzene rings is 1. The number of H-pyrrole nitrogens is 1. The van der Waals surface area contributed by atoms with E-state index in [-0.39, 0.29) is 6.04 Å².